The van der Waals surface area contributed by atoms with Crippen LogP contribution in [0.3, 0.4) is 0 Å². The molecule has 0 spiro atoms. The Morgan fingerprint density at radius 1 is 1.29 bits per heavy atom. The number of aryl methyl sites for hydroxylation is 2. The van der Waals surface area contributed by atoms with Gasteiger partial charge >= 0.3 is 0 Å². The summed E-state index contributed by atoms with van der Waals surface area (Å²) in [6.45, 7) is 3.43. The second-order valence-corrected chi connectivity index (χ2v) is 6.50. The van der Waals surface area contributed by atoms with E-state index in [1.165, 1.54) is 0 Å². The molecule has 1 saturated heterocycles. The average molecular weight is 348 g/mol. The average Bonchev–Trinajstić information content (AvgIpc) is 2.98. The first-order valence-electron chi connectivity index (χ1n) is 8.31. The molecule has 0 aliphatic carbocycles. The van der Waals surface area contributed by atoms with Crippen molar-refractivity contribution in [2.45, 2.75) is 32.3 Å². The van der Waals surface area contributed by atoms with Gasteiger partial charge in [-0.15, -0.1) is 0 Å². The maximum atomic E-state index is 12.7. The Hall–Kier alpha value is -2.01. The highest BCUT2D eigenvalue weighted by molar-refractivity contribution is 6.30. The molecule has 1 aromatic heterocycles. The van der Waals surface area contributed by atoms with Gasteiger partial charge in [-0.25, -0.2) is 0 Å². The molecule has 5 nitrogen and oxygen atoms in total. The van der Waals surface area contributed by atoms with Gasteiger partial charge in [0.1, 0.15) is 17.5 Å². The number of carbonyl (C=O) groups is 1. The van der Waals surface area contributed by atoms with Crippen molar-refractivity contribution < 1.29 is 9.53 Å². The quantitative estimate of drug-likeness (QED) is 0.852. The topological polar surface area (TPSA) is 47.4 Å². The summed E-state index contributed by atoms with van der Waals surface area (Å²) in [5, 5.41) is 5.06. The van der Waals surface area contributed by atoms with E-state index in [0.29, 0.717) is 23.8 Å². The standard InChI is InChI=1S/C18H22ClN3O2/c1-3-14-12-17(21(2)20-14)18(23)22-10-8-16(9-11-22)24-15-6-4-13(19)5-7-15/h4-7,12,16H,3,8-11H2,1-2H3. The molecule has 1 aromatic carbocycles. The Kier molecular flexibility index (Phi) is 5.09. The third-order valence-corrected chi connectivity index (χ3v) is 4.61. The van der Waals surface area contributed by atoms with E-state index < -0.39 is 0 Å². The molecule has 1 aliphatic rings. The van der Waals surface area contributed by atoms with Gasteiger partial charge in [0.05, 0.1) is 5.69 Å². The summed E-state index contributed by atoms with van der Waals surface area (Å²) in [6, 6.07) is 9.29. The maximum absolute atomic E-state index is 12.7. The summed E-state index contributed by atoms with van der Waals surface area (Å²) in [7, 11) is 1.82. The van der Waals surface area contributed by atoms with Gasteiger partial charge in [-0.1, -0.05) is 18.5 Å². The number of piperidine rings is 1. The van der Waals surface area contributed by atoms with Crippen LogP contribution in [0, 0.1) is 0 Å². The smallest absolute Gasteiger partial charge is 0.272 e. The molecular formula is C18H22ClN3O2. The number of amides is 1. The van der Waals surface area contributed by atoms with Crippen LogP contribution in [0.15, 0.2) is 30.3 Å². The molecule has 2 heterocycles. The Bertz CT molecular complexity index is 704. The molecule has 0 radical (unpaired) electrons. The van der Waals surface area contributed by atoms with Crippen LogP contribution in [-0.4, -0.2) is 39.8 Å². The molecule has 2 aromatic rings. The monoisotopic (exact) mass is 347 g/mol. The third-order valence-electron chi connectivity index (χ3n) is 4.36. The zero-order valence-corrected chi connectivity index (χ0v) is 14.8. The van der Waals surface area contributed by atoms with Crippen LogP contribution in [0.5, 0.6) is 5.75 Å². The van der Waals surface area contributed by atoms with Gasteiger partial charge in [0.15, 0.2) is 0 Å². The first-order valence-corrected chi connectivity index (χ1v) is 8.69. The first-order chi connectivity index (χ1) is 11.6. The largest absolute Gasteiger partial charge is 0.490 e. The van der Waals surface area contributed by atoms with Crippen molar-refractivity contribution in [2.24, 2.45) is 7.05 Å². The molecule has 1 amide bonds. The van der Waals surface area contributed by atoms with Crippen molar-refractivity contribution in [3.63, 3.8) is 0 Å². The zero-order chi connectivity index (χ0) is 17.1. The highest BCUT2D eigenvalue weighted by Gasteiger charge is 2.26. The van der Waals surface area contributed by atoms with Crippen LogP contribution in [0.2, 0.25) is 5.02 Å². The van der Waals surface area contributed by atoms with Gasteiger partial charge < -0.3 is 9.64 Å². The molecule has 0 bridgehead atoms. The normalized spacial score (nSPS) is 15.5. The van der Waals surface area contributed by atoms with Crippen molar-refractivity contribution in [1.29, 1.82) is 0 Å². The van der Waals surface area contributed by atoms with E-state index in [1.807, 2.05) is 49.2 Å². The Labute approximate surface area is 147 Å². The molecule has 3 rings (SSSR count). The molecule has 0 N–H and O–H groups in total. The minimum Gasteiger partial charge on any atom is -0.490 e. The zero-order valence-electron chi connectivity index (χ0n) is 14.0. The van der Waals surface area contributed by atoms with Crippen molar-refractivity contribution in [3.8, 4) is 5.75 Å². The SMILES string of the molecule is CCc1cc(C(=O)N2CCC(Oc3ccc(Cl)cc3)CC2)n(C)n1. The number of nitrogens with zero attached hydrogens (tertiary/aromatic N) is 3. The number of halogens is 1. The summed E-state index contributed by atoms with van der Waals surface area (Å²) in [5.41, 5.74) is 1.60. The van der Waals surface area contributed by atoms with E-state index in [-0.39, 0.29) is 12.0 Å². The van der Waals surface area contributed by atoms with Crippen molar-refractivity contribution in [1.82, 2.24) is 14.7 Å². The Morgan fingerprint density at radius 2 is 1.96 bits per heavy atom. The molecule has 0 unspecified atom stereocenters. The number of carbonyl (C=O) groups excluding carboxylic acids is 1. The van der Waals surface area contributed by atoms with Gasteiger partial charge in [0, 0.05) is 38.0 Å². The van der Waals surface area contributed by atoms with E-state index in [9.17, 15) is 4.79 Å². The van der Waals surface area contributed by atoms with Gasteiger partial charge in [-0.2, -0.15) is 5.10 Å². The summed E-state index contributed by atoms with van der Waals surface area (Å²) < 4.78 is 7.65. The third kappa shape index (κ3) is 3.73. The fourth-order valence-electron chi connectivity index (χ4n) is 2.94. The summed E-state index contributed by atoms with van der Waals surface area (Å²) >= 11 is 5.88. The predicted octanol–water partition coefficient (Wildman–Crippen LogP) is 3.32. The Balaban J connectivity index is 1.57. The van der Waals surface area contributed by atoms with E-state index in [0.717, 1.165) is 30.7 Å². The van der Waals surface area contributed by atoms with E-state index in [2.05, 4.69) is 5.10 Å². The fraction of sp³-hybridized carbons (Fsp3) is 0.444. The summed E-state index contributed by atoms with van der Waals surface area (Å²) in [5.74, 6) is 0.873. The minimum absolute atomic E-state index is 0.0506. The maximum Gasteiger partial charge on any atom is 0.272 e. The van der Waals surface area contributed by atoms with Crippen LogP contribution in [-0.2, 0) is 13.5 Å². The van der Waals surface area contributed by atoms with Gasteiger partial charge in [0.2, 0.25) is 0 Å². The Morgan fingerprint density at radius 3 is 2.54 bits per heavy atom. The molecule has 1 aliphatic heterocycles. The molecule has 24 heavy (non-hydrogen) atoms. The molecule has 0 atom stereocenters. The van der Waals surface area contributed by atoms with Crippen LogP contribution in [0.4, 0.5) is 0 Å². The first kappa shape index (κ1) is 16.8. The van der Waals surface area contributed by atoms with Crippen LogP contribution in [0.25, 0.3) is 0 Å². The van der Waals surface area contributed by atoms with Crippen molar-refractivity contribution >= 4 is 17.5 Å². The number of hydrogen-bond acceptors (Lipinski definition) is 3. The summed E-state index contributed by atoms with van der Waals surface area (Å²) in [6.07, 6.45) is 2.62. The lowest BCUT2D eigenvalue weighted by Gasteiger charge is -2.32. The van der Waals surface area contributed by atoms with E-state index >= 15 is 0 Å². The van der Waals surface area contributed by atoms with Crippen LogP contribution >= 0.6 is 11.6 Å². The highest BCUT2D eigenvalue weighted by atomic mass is 35.5. The number of hydrogen-bond donors (Lipinski definition) is 0. The minimum atomic E-state index is 0.0506. The molecule has 0 saturated carbocycles. The van der Waals surface area contributed by atoms with Gasteiger partial charge in [-0.05, 0) is 36.8 Å². The number of ether oxygens (including phenoxy) is 1. The number of rotatable bonds is 4. The molecule has 128 valence electrons. The molecule has 6 heteroatoms. The van der Waals surface area contributed by atoms with Gasteiger partial charge in [-0.3, -0.25) is 9.48 Å². The summed E-state index contributed by atoms with van der Waals surface area (Å²) in [4.78, 5) is 14.5. The van der Waals surface area contributed by atoms with Gasteiger partial charge in [0.25, 0.3) is 5.91 Å². The van der Waals surface area contributed by atoms with Crippen molar-refractivity contribution in [2.75, 3.05) is 13.1 Å². The lowest BCUT2D eigenvalue weighted by Crippen LogP contribution is -2.42. The van der Waals surface area contributed by atoms with Crippen molar-refractivity contribution in [3.05, 3.63) is 46.7 Å². The van der Waals surface area contributed by atoms with E-state index in [1.54, 1.807) is 4.68 Å². The molecular weight excluding hydrogens is 326 g/mol. The second kappa shape index (κ2) is 7.26. The van der Waals surface area contributed by atoms with Crippen LogP contribution in [0.1, 0.15) is 35.9 Å². The predicted molar refractivity (Wildman–Crippen MR) is 93.6 cm³/mol. The number of benzene rings is 1. The molecule has 1 fully saturated rings. The van der Waals surface area contributed by atoms with Crippen LogP contribution < -0.4 is 4.74 Å². The fourth-order valence-corrected chi connectivity index (χ4v) is 3.07. The lowest BCUT2D eigenvalue weighted by molar-refractivity contribution is 0.0585. The lowest BCUT2D eigenvalue weighted by atomic mass is 10.1. The number of likely N-dealkylation sites (tertiary alicyclic amines) is 1. The second-order valence-electron chi connectivity index (χ2n) is 6.06. The highest BCUT2D eigenvalue weighted by Crippen LogP contribution is 2.22. The number of aromatic nitrogens is 2. The van der Waals surface area contributed by atoms with E-state index in [4.69, 9.17) is 16.3 Å².